The van der Waals surface area contributed by atoms with Gasteiger partial charge >= 0.3 is 0 Å². The summed E-state index contributed by atoms with van der Waals surface area (Å²) in [6, 6.07) is 2.20. The molecule has 1 aliphatic carbocycles. The molecule has 112 valence electrons. The van der Waals surface area contributed by atoms with Crippen LogP contribution in [-0.2, 0) is 0 Å². The normalized spacial score (nSPS) is 20.9. The monoisotopic (exact) mass is 315 g/mol. The maximum Gasteiger partial charge on any atom is 0.147 e. The van der Waals surface area contributed by atoms with E-state index in [-0.39, 0.29) is 0 Å². The van der Waals surface area contributed by atoms with E-state index in [1.807, 2.05) is 0 Å². The second-order valence-corrected chi connectivity index (χ2v) is 7.14. The number of anilines is 2. The number of hydrogen-bond acceptors (Lipinski definition) is 3. The largest absolute Gasteiger partial charge is 0.369 e. The average molecular weight is 316 g/mol. The van der Waals surface area contributed by atoms with Gasteiger partial charge in [-0.25, -0.2) is 4.98 Å². The van der Waals surface area contributed by atoms with E-state index >= 15 is 0 Å². The van der Waals surface area contributed by atoms with Crippen LogP contribution in [0.3, 0.4) is 0 Å². The van der Waals surface area contributed by atoms with Gasteiger partial charge < -0.3 is 10.6 Å². The number of rotatable bonds is 5. The number of aromatic nitrogens is 1. The molecule has 5 heteroatoms. The molecule has 1 aromatic rings. The van der Waals surface area contributed by atoms with Crippen LogP contribution in [0, 0.1) is 5.41 Å². The van der Waals surface area contributed by atoms with Gasteiger partial charge in [-0.05, 0) is 37.2 Å². The van der Waals surface area contributed by atoms with Gasteiger partial charge in [0.2, 0.25) is 0 Å². The van der Waals surface area contributed by atoms with Crippen molar-refractivity contribution >= 4 is 34.8 Å². The van der Waals surface area contributed by atoms with Crippen LogP contribution in [0.25, 0.3) is 0 Å². The van der Waals surface area contributed by atoms with Crippen molar-refractivity contribution in [1.29, 1.82) is 0 Å². The average Bonchev–Trinajstić information content (AvgIpc) is 2.71. The van der Waals surface area contributed by atoms with Crippen LogP contribution in [-0.4, -0.2) is 17.6 Å². The summed E-state index contributed by atoms with van der Waals surface area (Å²) in [4.78, 5) is 4.53. The first kappa shape index (κ1) is 15.7. The highest BCUT2D eigenvalue weighted by Gasteiger charge is 2.31. The Kier molecular flexibility index (Phi) is 5.03. The molecule has 1 heterocycles. The molecule has 20 heavy (non-hydrogen) atoms. The summed E-state index contributed by atoms with van der Waals surface area (Å²) >= 11 is 12.4. The lowest BCUT2D eigenvalue weighted by Crippen LogP contribution is -2.19. The van der Waals surface area contributed by atoms with Crippen molar-refractivity contribution in [1.82, 2.24) is 4.98 Å². The van der Waals surface area contributed by atoms with E-state index in [1.54, 1.807) is 6.07 Å². The second kappa shape index (κ2) is 6.40. The van der Waals surface area contributed by atoms with E-state index in [9.17, 15) is 0 Å². The quantitative estimate of drug-likeness (QED) is 0.784. The standard InChI is InChI=1S/C15H23Cl2N3/c1-4-7-18-13-11(16)8-12(17)14(20-13)19-10-5-6-15(2,3)9-10/h8,10H,4-7,9H2,1-3H3,(H2,18,19,20). The molecule has 0 aromatic carbocycles. The predicted molar refractivity (Wildman–Crippen MR) is 88.1 cm³/mol. The number of halogens is 2. The molecule has 0 spiro atoms. The molecule has 1 saturated carbocycles. The van der Waals surface area contributed by atoms with E-state index in [1.165, 1.54) is 6.42 Å². The van der Waals surface area contributed by atoms with Crippen LogP contribution in [0.4, 0.5) is 11.6 Å². The summed E-state index contributed by atoms with van der Waals surface area (Å²) in [5, 5.41) is 7.85. The number of nitrogens with one attached hydrogen (secondary N) is 2. The van der Waals surface area contributed by atoms with E-state index in [2.05, 4.69) is 36.4 Å². The third-order valence-electron chi connectivity index (χ3n) is 3.78. The second-order valence-electron chi connectivity index (χ2n) is 6.32. The molecule has 0 bridgehead atoms. The molecule has 0 amide bonds. The Morgan fingerprint density at radius 3 is 2.60 bits per heavy atom. The van der Waals surface area contributed by atoms with Crippen molar-refractivity contribution < 1.29 is 0 Å². The summed E-state index contributed by atoms with van der Waals surface area (Å²) in [6.45, 7) is 7.57. The van der Waals surface area contributed by atoms with Crippen molar-refractivity contribution in [2.24, 2.45) is 5.41 Å². The molecule has 1 aliphatic rings. The van der Waals surface area contributed by atoms with Gasteiger partial charge in [0.15, 0.2) is 0 Å². The molecule has 1 atom stereocenters. The highest BCUT2D eigenvalue weighted by Crippen LogP contribution is 2.39. The van der Waals surface area contributed by atoms with Crippen LogP contribution in [0.15, 0.2) is 6.07 Å². The molecule has 3 nitrogen and oxygen atoms in total. The van der Waals surface area contributed by atoms with E-state index in [0.717, 1.165) is 31.6 Å². The van der Waals surface area contributed by atoms with Gasteiger partial charge in [-0.15, -0.1) is 0 Å². The molecule has 1 fully saturated rings. The van der Waals surface area contributed by atoms with Crippen LogP contribution < -0.4 is 10.6 Å². The zero-order valence-electron chi connectivity index (χ0n) is 12.4. The Bertz CT molecular complexity index is 474. The highest BCUT2D eigenvalue weighted by atomic mass is 35.5. The molecule has 0 radical (unpaired) electrons. The first-order valence-electron chi connectivity index (χ1n) is 7.28. The van der Waals surface area contributed by atoms with Crippen molar-refractivity contribution in [3.8, 4) is 0 Å². The van der Waals surface area contributed by atoms with Crippen LogP contribution in [0.5, 0.6) is 0 Å². The highest BCUT2D eigenvalue weighted by molar-refractivity contribution is 6.37. The van der Waals surface area contributed by atoms with E-state index in [0.29, 0.717) is 27.3 Å². The van der Waals surface area contributed by atoms with Crippen LogP contribution in [0.1, 0.15) is 46.5 Å². The Morgan fingerprint density at radius 1 is 1.30 bits per heavy atom. The topological polar surface area (TPSA) is 37.0 Å². The lowest BCUT2D eigenvalue weighted by Gasteiger charge is -2.19. The molecular formula is C15H23Cl2N3. The Labute approximate surface area is 131 Å². The smallest absolute Gasteiger partial charge is 0.147 e. The van der Waals surface area contributed by atoms with Crippen LogP contribution >= 0.6 is 23.2 Å². The molecule has 0 saturated heterocycles. The Balaban J connectivity index is 2.11. The van der Waals surface area contributed by atoms with Crippen molar-refractivity contribution in [2.75, 3.05) is 17.2 Å². The summed E-state index contributed by atoms with van der Waals surface area (Å²) in [5.41, 5.74) is 0.403. The number of pyridine rings is 1. The van der Waals surface area contributed by atoms with E-state index < -0.39 is 0 Å². The lowest BCUT2D eigenvalue weighted by atomic mass is 9.92. The maximum absolute atomic E-state index is 6.25. The van der Waals surface area contributed by atoms with Gasteiger partial charge in [0.25, 0.3) is 0 Å². The van der Waals surface area contributed by atoms with Gasteiger partial charge in [0, 0.05) is 12.6 Å². The fraction of sp³-hybridized carbons (Fsp3) is 0.667. The third kappa shape index (κ3) is 3.92. The zero-order chi connectivity index (χ0) is 14.8. The first-order valence-corrected chi connectivity index (χ1v) is 8.03. The van der Waals surface area contributed by atoms with Gasteiger partial charge in [0.05, 0.1) is 10.0 Å². The third-order valence-corrected chi connectivity index (χ3v) is 4.36. The predicted octanol–water partition coefficient (Wildman–Crippen LogP) is 5.20. The first-order chi connectivity index (χ1) is 9.41. The summed E-state index contributed by atoms with van der Waals surface area (Å²) in [5.74, 6) is 1.44. The number of nitrogens with zero attached hydrogens (tertiary/aromatic N) is 1. The fourth-order valence-corrected chi connectivity index (χ4v) is 3.17. The molecule has 2 N–H and O–H groups in total. The summed E-state index contributed by atoms with van der Waals surface area (Å²) in [7, 11) is 0. The Morgan fingerprint density at radius 2 is 2.00 bits per heavy atom. The van der Waals surface area contributed by atoms with Gasteiger partial charge in [-0.3, -0.25) is 0 Å². The minimum atomic E-state index is 0.403. The SMILES string of the molecule is CCCNc1nc(NC2CCC(C)(C)C2)c(Cl)cc1Cl. The van der Waals surface area contributed by atoms with Gasteiger partial charge in [-0.2, -0.15) is 0 Å². The zero-order valence-corrected chi connectivity index (χ0v) is 13.9. The van der Waals surface area contributed by atoms with Gasteiger partial charge in [0.1, 0.15) is 11.6 Å². The summed E-state index contributed by atoms with van der Waals surface area (Å²) < 4.78 is 0. The minimum absolute atomic E-state index is 0.403. The molecule has 2 rings (SSSR count). The molecular weight excluding hydrogens is 293 g/mol. The van der Waals surface area contributed by atoms with Crippen LogP contribution in [0.2, 0.25) is 10.0 Å². The maximum atomic E-state index is 6.25. The van der Waals surface area contributed by atoms with Crippen molar-refractivity contribution in [3.63, 3.8) is 0 Å². The molecule has 1 unspecified atom stereocenters. The fourth-order valence-electron chi connectivity index (χ4n) is 2.69. The minimum Gasteiger partial charge on any atom is -0.369 e. The lowest BCUT2D eigenvalue weighted by molar-refractivity contribution is 0.378. The van der Waals surface area contributed by atoms with Crippen molar-refractivity contribution in [3.05, 3.63) is 16.1 Å². The van der Waals surface area contributed by atoms with E-state index in [4.69, 9.17) is 23.2 Å². The number of hydrogen-bond donors (Lipinski definition) is 2. The molecule has 1 aromatic heterocycles. The Hall–Kier alpha value is -0.670. The molecule has 0 aliphatic heterocycles. The van der Waals surface area contributed by atoms with Crippen molar-refractivity contribution in [2.45, 2.75) is 52.5 Å². The van der Waals surface area contributed by atoms with Gasteiger partial charge in [-0.1, -0.05) is 44.0 Å². The summed E-state index contributed by atoms with van der Waals surface area (Å²) in [6.07, 6.45) is 4.56.